The molecule has 0 radical (unpaired) electrons. The molecule has 1 fully saturated rings. The number of hydrogen-bond acceptors (Lipinski definition) is 3. The summed E-state index contributed by atoms with van der Waals surface area (Å²) in [5.41, 5.74) is 7.73. The first-order valence-corrected chi connectivity index (χ1v) is 6.72. The van der Waals surface area contributed by atoms with Crippen LogP contribution in [0.3, 0.4) is 0 Å². The molecule has 0 unspecified atom stereocenters. The number of nitrogens with zero attached hydrogens (tertiary/aromatic N) is 1. The molecule has 16 heavy (non-hydrogen) atoms. The fourth-order valence-corrected chi connectivity index (χ4v) is 2.92. The third-order valence-electron chi connectivity index (χ3n) is 2.89. The van der Waals surface area contributed by atoms with Gasteiger partial charge in [-0.25, -0.2) is 4.39 Å². The quantitative estimate of drug-likeness (QED) is 0.874. The van der Waals surface area contributed by atoms with E-state index in [4.69, 9.17) is 5.73 Å². The van der Waals surface area contributed by atoms with Crippen molar-refractivity contribution in [1.29, 1.82) is 0 Å². The summed E-state index contributed by atoms with van der Waals surface area (Å²) in [7, 11) is 0. The van der Waals surface area contributed by atoms with Crippen molar-refractivity contribution in [2.75, 3.05) is 24.6 Å². The second-order valence-corrected chi connectivity index (χ2v) is 5.23. The molecule has 0 aliphatic carbocycles. The summed E-state index contributed by atoms with van der Waals surface area (Å²) in [5.74, 6) is 2.19. The van der Waals surface area contributed by atoms with Crippen LogP contribution in [0.15, 0.2) is 18.2 Å². The first-order chi connectivity index (χ1) is 7.79. The van der Waals surface area contributed by atoms with Crippen LogP contribution in [-0.2, 0) is 13.1 Å². The van der Waals surface area contributed by atoms with Gasteiger partial charge in [-0.3, -0.25) is 4.90 Å². The van der Waals surface area contributed by atoms with Crippen LogP contribution in [0.25, 0.3) is 0 Å². The normalized spacial score (nSPS) is 17.6. The first kappa shape index (κ1) is 11.9. The lowest BCUT2D eigenvalue weighted by molar-refractivity contribution is 0.293. The predicted octanol–water partition coefficient (Wildman–Crippen LogP) is 1.83. The molecule has 2 rings (SSSR count). The van der Waals surface area contributed by atoms with Crippen molar-refractivity contribution in [3.05, 3.63) is 35.1 Å². The van der Waals surface area contributed by atoms with Crippen LogP contribution in [-0.4, -0.2) is 29.5 Å². The van der Waals surface area contributed by atoms with E-state index < -0.39 is 0 Å². The second kappa shape index (κ2) is 5.66. The van der Waals surface area contributed by atoms with E-state index in [0.717, 1.165) is 30.8 Å². The van der Waals surface area contributed by atoms with Crippen LogP contribution in [0.5, 0.6) is 0 Å². The Morgan fingerprint density at radius 3 is 2.69 bits per heavy atom. The minimum absolute atomic E-state index is 0.196. The lowest BCUT2D eigenvalue weighted by Gasteiger charge is -2.26. The monoisotopic (exact) mass is 240 g/mol. The van der Waals surface area contributed by atoms with Crippen LogP contribution in [0.2, 0.25) is 0 Å². The van der Waals surface area contributed by atoms with E-state index in [2.05, 4.69) is 4.90 Å². The summed E-state index contributed by atoms with van der Waals surface area (Å²) in [6.45, 7) is 3.54. The highest BCUT2D eigenvalue weighted by Gasteiger charge is 2.12. The number of benzene rings is 1. The van der Waals surface area contributed by atoms with Gasteiger partial charge in [0.05, 0.1) is 0 Å². The SMILES string of the molecule is NCc1cc(F)ccc1CN1CCSCC1. The van der Waals surface area contributed by atoms with Gasteiger partial charge in [0.1, 0.15) is 5.82 Å². The minimum atomic E-state index is -0.196. The van der Waals surface area contributed by atoms with E-state index in [1.54, 1.807) is 6.07 Å². The third-order valence-corrected chi connectivity index (χ3v) is 3.83. The Hall–Kier alpha value is -0.580. The molecule has 1 saturated heterocycles. The summed E-state index contributed by atoms with van der Waals surface area (Å²) >= 11 is 2.00. The van der Waals surface area contributed by atoms with Crippen LogP contribution in [0.4, 0.5) is 4.39 Å². The van der Waals surface area contributed by atoms with Gasteiger partial charge in [0.25, 0.3) is 0 Å². The molecule has 2 nitrogen and oxygen atoms in total. The highest BCUT2D eigenvalue weighted by Crippen LogP contribution is 2.16. The van der Waals surface area contributed by atoms with E-state index in [9.17, 15) is 4.39 Å². The lowest BCUT2D eigenvalue weighted by Crippen LogP contribution is -2.32. The predicted molar refractivity (Wildman–Crippen MR) is 66.9 cm³/mol. The molecular formula is C12H17FN2S. The van der Waals surface area contributed by atoms with E-state index in [0.29, 0.717) is 6.54 Å². The van der Waals surface area contributed by atoms with E-state index in [1.165, 1.54) is 17.6 Å². The van der Waals surface area contributed by atoms with Gasteiger partial charge in [-0.1, -0.05) is 6.07 Å². The average Bonchev–Trinajstić information content (AvgIpc) is 2.33. The van der Waals surface area contributed by atoms with Gasteiger partial charge < -0.3 is 5.73 Å². The summed E-state index contributed by atoms with van der Waals surface area (Å²) in [5, 5.41) is 0. The highest BCUT2D eigenvalue weighted by molar-refractivity contribution is 7.99. The summed E-state index contributed by atoms with van der Waals surface area (Å²) in [6.07, 6.45) is 0. The van der Waals surface area contributed by atoms with Gasteiger partial charge in [0, 0.05) is 37.7 Å². The maximum Gasteiger partial charge on any atom is 0.123 e. The summed E-state index contributed by atoms with van der Waals surface area (Å²) in [4.78, 5) is 2.41. The van der Waals surface area contributed by atoms with Crippen molar-refractivity contribution in [3.8, 4) is 0 Å². The van der Waals surface area contributed by atoms with Gasteiger partial charge in [-0.05, 0) is 23.3 Å². The Labute approximate surface area is 100 Å². The molecular weight excluding hydrogens is 223 g/mol. The number of hydrogen-bond donors (Lipinski definition) is 1. The summed E-state index contributed by atoms with van der Waals surface area (Å²) < 4.78 is 13.0. The Morgan fingerprint density at radius 1 is 1.25 bits per heavy atom. The number of rotatable bonds is 3. The topological polar surface area (TPSA) is 29.3 Å². The lowest BCUT2D eigenvalue weighted by atomic mass is 10.1. The zero-order chi connectivity index (χ0) is 11.4. The van der Waals surface area contributed by atoms with Gasteiger partial charge in [-0.2, -0.15) is 11.8 Å². The number of halogens is 1. The Kier molecular flexibility index (Phi) is 4.21. The molecule has 1 heterocycles. The molecule has 1 aromatic rings. The maximum absolute atomic E-state index is 13.0. The minimum Gasteiger partial charge on any atom is -0.326 e. The number of thioether (sulfide) groups is 1. The number of nitrogens with two attached hydrogens (primary N) is 1. The smallest absolute Gasteiger partial charge is 0.123 e. The van der Waals surface area contributed by atoms with Crippen LogP contribution in [0.1, 0.15) is 11.1 Å². The highest BCUT2D eigenvalue weighted by atomic mass is 32.2. The van der Waals surface area contributed by atoms with Crippen molar-refractivity contribution >= 4 is 11.8 Å². The average molecular weight is 240 g/mol. The fraction of sp³-hybridized carbons (Fsp3) is 0.500. The van der Waals surface area contributed by atoms with E-state index in [-0.39, 0.29) is 5.82 Å². The van der Waals surface area contributed by atoms with E-state index in [1.807, 2.05) is 17.8 Å². The molecule has 0 bridgehead atoms. The molecule has 1 aliphatic heterocycles. The summed E-state index contributed by atoms with van der Waals surface area (Å²) in [6, 6.07) is 4.93. The van der Waals surface area contributed by atoms with E-state index >= 15 is 0 Å². The Balaban J connectivity index is 2.07. The molecule has 88 valence electrons. The molecule has 1 aliphatic rings. The van der Waals surface area contributed by atoms with Crippen molar-refractivity contribution in [2.24, 2.45) is 5.73 Å². The fourth-order valence-electron chi connectivity index (χ4n) is 1.94. The van der Waals surface area contributed by atoms with Gasteiger partial charge in [-0.15, -0.1) is 0 Å². The largest absolute Gasteiger partial charge is 0.326 e. The second-order valence-electron chi connectivity index (χ2n) is 4.01. The van der Waals surface area contributed by atoms with Crippen molar-refractivity contribution in [3.63, 3.8) is 0 Å². The molecule has 0 atom stereocenters. The molecule has 1 aromatic carbocycles. The van der Waals surface area contributed by atoms with Crippen LogP contribution < -0.4 is 5.73 Å². The molecule has 0 saturated carbocycles. The van der Waals surface area contributed by atoms with Gasteiger partial charge in [0.15, 0.2) is 0 Å². The van der Waals surface area contributed by atoms with Crippen LogP contribution in [0, 0.1) is 5.82 Å². The standard InChI is InChI=1S/C12H17FN2S/c13-12-2-1-10(11(7-12)8-14)9-15-3-5-16-6-4-15/h1-2,7H,3-6,8-9,14H2. The molecule has 0 amide bonds. The third kappa shape index (κ3) is 2.97. The first-order valence-electron chi connectivity index (χ1n) is 5.57. The van der Waals surface area contributed by atoms with Crippen molar-refractivity contribution in [1.82, 2.24) is 4.90 Å². The zero-order valence-electron chi connectivity index (χ0n) is 9.29. The van der Waals surface area contributed by atoms with Gasteiger partial charge >= 0.3 is 0 Å². The molecule has 4 heteroatoms. The van der Waals surface area contributed by atoms with Crippen LogP contribution >= 0.6 is 11.8 Å². The van der Waals surface area contributed by atoms with Crippen molar-refractivity contribution < 1.29 is 4.39 Å². The zero-order valence-corrected chi connectivity index (χ0v) is 10.1. The Bertz CT molecular complexity index is 351. The van der Waals surface area contributed by atoms with Crippen molar-refractivity contribution in [2.45, 2.75) is 13.1 Å². The molecule has 0 spiro atoms. The Morgan fingerprint density at radius 2 is 2.00 bits per heavy atom. The van der Waals surface area contributed by atoms with Gasteiger partial charge in [0.2, 0.25) is 0 Å². The molecule has 2 N–H and O–H groups in total. The molecule has 0 aromatic heterocycles. The maximum atomic E-state index is 13.0.